The fourth-order valence-electron chi connectivity index (χ4n) is 2.94. The number of piperidine rings is 2. The molecule has 0 amide bonds. The molecule has 19 heavy (non-hydrogen) atoms. The van der Waals surface area contributed by atoms with E-state index in [1.54, 1.807) is 0 Å². The quantitative estimate of drug-likeness (QED) is 0.731. The Labute approximate surface area is 135 Å². The van der Waals surface area contributed by atoms with Crippen LogP contribution in [-0.4, -0.2) is 37.7 Å². The van der Waals surface area contributed by atoms with Crippen LogP contribution in [0.3, 0.4) is 0 Å². The van der Waals surface area contributed by atoms with Gasteiger partial charge in [-0.1, -0.05) is 0 Å². The van der Waals surface area contributed by atoms with Crippen LogP contribution in [0.2, 0.25) is 0 Å². The average Bonchev–Trinajstić information content (AvgIpc) is 2.41. The van der Waals surface area contributed by atoms with E-state index in [-0.39, 0.29) is 24.8 Å². The zero-order valence-corrected chi connectivity index (χ0v) is 14.3. The molecule has 0 radical (unpaired) electrons. The van der Waals surface area contributed by atoms with Gasteiger partial charge in [-0.15, -0.1) is 24.8 Å². The van der Waals surface area contributed by atoms with Crippen molar-refractivity contribution in [3.8, 4) is 0 Å². The van der Waals surface area contributed by atoms with E-state index in [9.17, 15) is 0 Å². The number of rotatable bonds is 6. The van der Waals surface area contributed by atoms with Gasteiger partial charge in [0, 0.05) is 0 Å². The van der Waals surface area contributed by atoms with Gasteiger partial charge in [0.1, 0.15) is 0 Å². The van der Waals surface area contributed by atoms with Crippen LogP contribution in [0, 0.1) is 11.8 Å². The van der Waals surface area contributed by atoms with Gasteiger partial charge in [-0.3, -0.25) is 0 Å². The van der Waals surface area contributed by atoms with Crippen molar-refractivity contribution < 1.29 is 0 Å². The molecular formula is C14H30Cl2N2S. The lowest BCUT2D eigenvalue weighted by Gasteiger charge is -2.23. The summed E-state index contributed by atoms with van der Waals surface area (Å²) in [4.78, 5) is 0. The Hall–Kier alpha value is 0.850. The summed E-state index contributed by atoms with van der Waals surface area (Å²) in [7, 11) is 0. The molecule has 116 valence electrons. The highest BCUT2D eigenvalue weighted by Crippen LogP contribution is 2.22. The topological polar surface area (TPSA) is 24.1 Å². The number of hydrogen-bond acceptors (Lipinski definition) is 3. The summed E-state index contributed by atoms with van der Waals surface area (Å²) in [5.74, 6) is 4.83. The smallest absolute Gasteiger partial charge is 0.00463 e. The number of halogens is 2. The minimum atomic E-state index is 0. The molecule has 2 rings (SSSR count). The molecule has 0 saturated carbocycles. The van der Waals surface area contributed by atoms with Crippen molar-refractivity contribution in [2.45, 2.75) is 38.5 Å². The largest absolute Gasteiger partial charge is 0.317 e. The van der Waals surface area contributed by atoms with Crippen LogP contribution in [0.5, 0.6) is 0 Å². The Bertz CT molecular complexity index is 176. The monoisotopic (exact) mass is 328 g/mol. The lowest BCUT2D eigenvalue weighted by Crippen LogP contribution is -2.28. The van der Waals surface area contributed by atoms with Crippen molar-refractivity contribution in [2.24, 2.45) is 11.8 Å². The second-order valence-corrected chi connectivity index (χ2v) is 6.80. The first-order valence-electron chi connectivity index (χ1n) is 7.44. The summed E-state index contributed by atoms with van der Waals surface area (Å²) in [6, 6.07) is 0. The predicted molar refractivity (Wildman–Crippen MR) is 92.2 cm³/mol. The second kappa shape index (κ2) is 12.6. The molecule has 2 aliphatic heterocycles. The first-order valence-corrected chi connectivity index (χ1v) is 8.60. The molecule has 2 N–H and O–H groups in total. The number of thioether (sulfide) groups is 1. The molecule has 2 aliphatic rings. The predicted octanol–water partition coefficient (Wildman–Crippen LogP) is 3.34. The summed E-state index contributed by atoms with van der Waals surface area (Å²) in [5.41, 5.74) is 0. The lowest BCUT2D eigenvalue weighted by atomic mass is 9.96. The Balaban J connectivity index is 0.00000162. The van der Waals surface area contributed by atoms with E-state index >= 15 is 0 Å². The van der Waals surface area contributed by atoms with Gasteiger partial charge in [-0.05, 0) is 88.0 Å². The summed E-state index contributed by atoms with van der Waals surface area (Å²) < 4.78 is 0. The van der Waals surface area contributed by atoms with Gasteiger partial charge < -0.3 is 10.6 Å². The molecule has 2 saturated heterocycles. The molecule has 0 unspecified atom stereocenters. The zero-order valence-electron chi connectivity index (χ0n) is 11.9. The summed E-state index contributed by atoms with van der Waals surface area (Å²) in [6.07, 6.45) is 8.56. The standard InChI is InChI=1S/C14H28N2S.2ClH/c1-7-15-8-2-13(1)5-11-17-12-6-14-3-9-16-10-4-14;;/h13-16H,1-12H2;2*1H. The highest BCUT2D eigenvalue weighted by molar-refractivity contribution is 7.99. The maximum atomic E-state index is 3.45. The SMILES string of the molecule is C1CC(CCSCCC2CCNCC2)CCN1.Cl.Cl. The summed E-state index contributed by atoms with van der Waals surface area (Å²) in [5, 5.41) is 6.89. The van der Waals surface area contributed by atoms with Crippen molar-refractivity contribution in [1.82, 2.24) is 10.6 Å². The van der Waals surface area contributed by atoms with Crippen LogP contribution in [-0.2, 0) is 0 Å². The fourth-order valence-corrected chi connectivity index (χ4v) is 4.15. The van der Waals surface area contributed by atoms with Crippen molar-refractivity contribution in [1.29, 1.82) is 0 Å². The van der Waals surface area contributed by atoms with Gasteiger partial charge in [0.15, 0.2) is 0 Å². The molecule has 0 atom stereocenters. The minimum Gasteiger partial charge on any atom is -0.317 e. The number of nitrogens with one attached hydrogen (secondary N) is 2. The molecular weight excluding hydrogens is 299 g/mol. The Morgan fingerprint density at radius 1 is 0.684 bits per heavy atom. The highest BCUT2D eigenvalue weighted by atomic mass is 35.5. The Kier molecular flexibility index (Phi) is 13.1. The summed E-state index contributed by atoms with van der Waals surface area (Å²) in [6.45, 7) is 5.02. The van der Waals surface area contributed by atoms with Crippen LogP contribution >= 0.6 is 36.6 Å². The molecule has 0 aromatic heterocycles. The second-order valence-electron chi connectivity index (χ2n) is 5.58. The minimum absolute atomic E-state index is 0. The normalized spacial score (nSPS) is 21.5. The zero-order chi connectivity index (χ0) is 11.8. The van der Waals surface area contributed by atoms with Crippen LogP contribution in [0.25, 0.3) is 0 Å². The van der Waals surface area contributed by atoms with Gasteiger partial charge in [-0.2, -0.15) is 11.8 Å². The summed E-state index contributed by atoms with van der Waals surface area (Å²) >= 11 is 2.20. The van der Waals surface area contributed by atoms with Crippen LogP contribution in [0.15, 0.2) is 0 Å². The maximum Gasteiger partial charge on any atom is -0.00463 e. The van der Waals surface area contributed by atoms with Gasteiger partial charge >= 0.3 is 0 Å². The third-order valence-electron chi connectivity index (χ3n) is 4.26. The van der Waals surface area contributed by atoms with Crippen molar-refractivity contribution >= 4 is 36.6 Å². The van der Waals surface area contributed by atoms with E-state index in [0.717, 1.165) is 11.8 Å². The van der Waals surface area contributed by atoms with Crippen molar-refractivity contribution in [3.05, 3.63) is 0 Å². The molecule has 0 aromatic rings. The van der Waals surface area contributed by atoms with Crippen molar-refractivity contribution in [3.63, 3.8) is 0 Å². The van der Waals surface area contributed by atoms with E-state index in [2.05, 4.69) is 22.4 Å². The van der Waals surface area contributed by atoms with Crippen LogP contribution < -0.4 is 10.6 Å². The van der Waals surface area contributed by atoms with E-state index in [4.69, 9.17) is 0 Å². The van der Waals surface area contributed by atoms with E-state index in [1.165, 1.54) is 76.2 Å². The molecule has 2 heterocycles. The molecule has 2 nitrogen and oxygen atoms in total. The average molecular weight is 329 g/mol. The fraction of sp³-hybridized carbons (Fsp3) is 1.00. The van der Waals surface area contributed by atoms with E-state index in [0.29, 0.717) is 0 Å². The molecule has 5 heteroatoms. The molecule has 0 spiro atoms. The Morgan fingerprint density at radius 3 is 1.42 bits per heavy atom. The first kappa shape index (κ1) is 19.9. The third-order valence-corrected chi connectivity index (χ3v) is 5.31. The van der Waals surface area contributed by atoms with Gasteiger partial charge in [0.05, 0.1) is 0 Å². The third kappa shape index (κ3) is 8.67. The van der Waals surface area contributed by atoms with E-state index < -0.39 is 0 Å². The lowest BCUT2D eigenvalue weighted by molar-refractivity contribution is 0.365. The van der Waals surface area contributed by atoms with Crippen LogP contribution in [0.4, 0.5) is 0 Å². The van der Waals surface area contributed by atoms with Gasteiger partial charge in [0.2, 0.25) is 0 Å². The van der Waals surface area contributed by atoms with Gasteiger partial charge in [0.25, 0.3) is 0 Å². The maximum absolute atomic E-state index is 3.45. The van der Waals surface area contributed by atoms with E-state index in [1.807, 2.05) is 0 Å². The van der Waals surface area contributed by atoms with Gasteiger partial charge in [-0.25, -0.2) is 0 Å². The Morgan fingerprint density at radius 2 is 1.05 bits per heavy atom. The first-order chi connectivity index (χ1) is 8.45. The van der Waals surface area contributed by atoms with Crippen LogP contribution in [0.1, 0.15) is 38.5 Å². The van der Waals surface area contributed by atoms with Crippen molar-refractivity contribution in [2.75, 3.05) is 37.7 Å². The highest BCUT2D eigenvalue weighted by Gasteiger charge is 2.14. The molecule has 0 bridgehead atoms. The number of hydrogen-bond donors (Lipinski definition) is 2. The molecule has 0 aliphatic carbocycles. The molecule has 2 fully saturated rings. The molecule has 0 aromatic carbocycles.